The van der Waals surface area contributed by atoms with Gasteiger partial charge in [-0.05, 0) is 42.5 Å². The van der Waals surface area contributed by atoms with E-state index in [0.29, 0.717) is 16.8 Å². The molecule has 0 fully saturated rings. The Morgan fingerprint density at radius 3 is 2.53 bits per heavy atom. The summed E-state index contributed by atoms with van der Waals surface area (Å²) in [5.41, 5.74) is 0.576. The highest BCUT2D eigenvalue weighted by atomic mass is 35.5. The van der Waals surface area contributed by atoms with E-state index >= 15 is 0 Å². The highest BCUT2D eigenvalue weighted by Crippen LogP contribution is 2.33. The fourth-order valence-corrected chi connectivity index (χ4v) is 2.90. The van der Waals surface area contributed by atoms with Crippen molar-refractivity contribution in [3.05, 3.63) is 86.6 Å². The van der Waals surface area contributed by atoms with Crippen molar-refractivity contribution in [3.63, 3.8) is 0 Å². The summed E-state index contributed by atoms with van der Waals surface area (Å²) in [4.78, 5) is 34.4. The molecule has 0 saturated heterocycles. The number of nitriles is 1. The number of nitro groups is 1. The van der Waals surface area contributed by atoms with Gasteiger partial charge in [-0.1, -0.05) is 11.6 Å². The first-order valence-electron chi connectivity index (χ1n) is 8.98. The average Bonchev–Trinajstić information content (AvgIpc) is 3.25. The second kappa shape index (κ2) is 9.59. The number of nitro benzene ring substituents is 1. The molecule has 2 aromatic carbocycles. The molecule has 0 aliphatic rings. The highest BCUT2D eigenvalue weighted by Gasteiger charge is 2.16. The van der Waals surface area contributed by atoms with Crippen molar-refractivity contribution in [2.45, 2.75) is 0 Å². The van der Waals surface area contributed by atoms with Crippen molar-refractivity contribution in [3.8, 4) is 17.4 Å². The molecule has 3 rings (SSSR count). The van der Waals surface area contributed by atoms with Crippen molar-refractivity contribution in [2.75, 3.05) is 12.4 Å². The average molecular weight is 452 g/mol. The number of hydrogen-bond donors (Lipinski definition) is 1. The summed E-state index contributed by atoms with van der Waals surface area (Å²) >= 11 is 6.11. The Labute approximate surface area is 186 Å². The van der Waals surface area contributed by atoms with Gasteiger partial charge < -0.3 is 14.5 Å². The van der Waals surface area contributed by atoms with Crippen LogP contribution in [0, 0.1) is 21.4 Å². The molecule has 32 heavy (non-hydrogen) atoms. The quantitative estimate of drug-likeness (QED) is 0.186. The third-order valence-corrected chi connectivity index (χ3v) is 4.60. The number of benzene rings is 2. The molecule has 1 amide bonds. The number of nitrogens with zero attached hydrogens (tertiary/aromatic N) is 2. The molecule has 9 nitrogen and oxygen atoms in total. The predicted octanol–water partition coefficient (Wildman–Crippen LogP) is 4.84. The van der Waals surface area contributed by atoms with E-state index in [1.807, 2.05) is 0 Å². The number of methoxy groups -OCH3 is 1. The number of anilines is 1. The number of ether oxygens (including phenoxy) is 1. The van der Waals surface area contributed by atoms with Gasteiger partial charge in [0.15, 0.2) is 0 Å². The molecule has 0 aliphatic carbocycles. The lowest BCUT2D eigenvalue weighted by Crippen LogP contribution is -2.13. The number of halogens is 1. The number of nitrogens with one attached hydrogen (secondary N) is 1. The zero-order chi connectivity index (χ0) is 23.3. The molecule has 0 atom stereocenters. The Morgan fingerprint density at radius 2 is 1.91 bits per heavy atom. The fraction of sp³-hybridized carbons (Fsp3) is 0.0455. The second-order valence-corrected chi connectivity index (χ2v) is 6.72. The maximum atomic E-state index is 12.4. The second-order valence-electron chi connectivity index (χ2n) is 6.32. The zero-order valence-corrected chi connectivity index (χ0v) is 17.3. The van der Waals surface area contributed by atoms with Gasteiger partial charge in [-0.15, -0.1) is 0 Å². The van der Waals surface area contributed by atoms with E-state index in [4.69, 9.17) is 16.0 Å². The monoisotopic (exact) mass is 451 g/mol. The maximum absolute atomic E-state index is 12.4. The first-order valence-corrected chi connectivity index (χ1v) is 9.36. The molecule has 1 heterocycles. The van der Waals surface area contributed by atoms with Crippen LogP contribution in [0.2, 0.25) is 5.02 Å². The molecule has 0 bridgehead atoms. The third kappa shape index (κ3) is 5.00. The third-order valence-electron chi connectivity index (χ3n) is 4.27. The van der Waals surface area contributed by atoms with Crippen molar-refractivity contribution in [1.29, 1.82) is 5.26 Å². The van der Waals surface area contributed by atoms with Gasteiger partial charge in [0, 0.05) is 29.5 Å². The van der Waals surface area contributed by atoms with Crippen molar-refractivity contribution in [2.24, 2.45) is 0 Å². The summed E-state index contributed by atoms with van der Waals surface area (Å²) < 4.78 is 10.2. The predicted molar refractivity (Wildman–Crippen MR) is 116 cm³/mol. The normalized spacial score (nSPS) is 10.8. The number of esters is 1. The van der Waals surface area contributed by atoms with E-state index in [1.54, 1.807) is 6.07 Å². The van der Waals surface area contributed by atoms with Crippen molar-refractivity contribution < 1.29 is 23.7 Å². The van der Waals surface area contributed by atoms with E-state index < -0.39 is 16.8 Å². The molecule has 0 aliphatic heterocycles. The number of carbonyl (C=O) groups is 2. The van der Waals surface area contributed by atoms with Gasteiger partial charge in [-0.2, -0.15) is 5.26 Å². The highest BCUT2D eigenvalue weighted by molar-refractivity contribution is 6.33. The van der Waals surface area contributed by atoms with E-state index in [0.717, 1.165) is 0 Å². The van der Waals surface area contributed by atoms with Crippen LogP contribution < -0.4 is 5.32 Å². The van der Waals surface area contributed by atoms with Crippen molar-refractivity contribution in [1.82, 2.24) is 0 Å². The van der Waals surface area contributed by atoms with E-state index in [-0.39, 0.29) is 27.8 Å². The lowest BCUT2D eigenvalue weighted by molar-refractivity contribution is -0.384. The summed E-state index contributed by atoms with van der Waals surface area (Å²) in [5, 5.41) is 23.2. The lowest BCUT2D eigenvalue weighted by atomic mass is 10.1. The molecule has 1 aromatic heterocycles. The number of amides is 1. The number of rotatable bonds is 6. The largest absolute Gasteiger partial charge is 0.465 e. The Bertz CT molecular complexity index is 1270. The van der Waals surface area contributed by atoms with Crippen LogP contribution in [0.3, 0.4) is 0 Å². The molecule has 0 unspecified atom stereocenters. The molecule has 0 saturated carbocycles. The zero-order valence-electron chi connectivity index (χ0n) is 16.5. The summed E-state index contributed by atoms with van der Waals surface area (Å²) in [6.07, 6.45) is 1.23. The number of hydrogen-bond acceptors (Lipinski definition) is 7. The molecule has 0 radical (unpaired) electrons. The van der Waals surface area contributed by atoms with E-state index in [1.165, 1.54) is 67.8 Å². The molecular weight excluding hydrogens is 438 g/mol. The summed E-state index contributed by atoms with van der Waals surface area (Å²) in [7, 11) is 1.26. The lowest BCUT2D eigenvalue weighted by Gasteiger charge is -2.05. The SMILES string of the molecule is COC(=O)c1ccc(NC(=O)/C(C#N)=C/c2ccc(-c3cc([N+](=O)[O-])ccc3Cl)o2)cc1. The Hall–Kier alpha value is -4.42. The molecule has 1 N–H and O–H groups in total. The Morgan fingerprint density at radius 1 is 1.19 bits per heavy atom. The van der Waals surface area contributed by atoms with Crippen LogP contribution in [0.15, 0.2) is 64.6 Å². The minimum atomic E-state index is -0.690. The van der Waals surface area contributed by atoms with Crippen LogP contribution >= 0.6 is 11.6 Å². The minimum Gasteiger partial charge on any atom is -0.465 e. The maximum Gasteiger partial charge on any atom is 0.337 e. The van der Waals surface area contributed by atoms with E-state index in [2.05, 4.69) is 10.1 Å². The summed E-state index contributed by atoms with van der Waals surface area (Å²) in [6, 6.07) is 14.7. The minimum absolute atomic E-state index is 0.159. The fourth-order valence-electron chi connectivity index (χ4n) is 2.69. The summed E-state index contributed by atoms with van der Waals surface area (Å²) in [6.45, 7) is 0. The molecule has 10 heteroatoms. The topological polar surface area (TPSA) is 135 Å². The number of non-ortho nitro benzene ring substituents is 1. The van der Waals surface area contributed by atoms with E-state index in [9.17, 15) is 25.0 Å². The number of carbonyl (C=O) groups excluding carboxylic acids is 2. The van der Waals surface area contributed by atoms with Crippen LogP contribution in [-0.4, -0.2) is 23.9 Å². The molecule has 160 valence electrons. The Kier molecular flexibility index (Phi) is 6.68. The van der Waals surface area contributed by atoms with Gasteiger partial charge in [0.2, 0.25) is 0 Å². The smallest absolute Gasteiger partial charge is 0.337 e. The molecular formula is C22H14ClN3O6. The van der Waals surface area contributed by atoms with Gasteiger partial charge in [-0.3, -0.25) is 14.9 Å². The molecule has 3 aromatic rings. The van der Waals surface area contributed by atoms with Gasteiger partial charge in [0.1, 0.15) is 23.2 Å². The van der Waals surface area contributed by atoms with Crippen LogP contribution in [0.5, 0.6) is 0 Å². The first kappa shape index (κ1) is 22.3. The van der Waals surface area contributed by atoms with Crippen LogP contribution in [0.25, 0.3) is 17.4 Å². The van der Waals surface area contributed by atoms with Crippen molar-refractivity contribution >= 4 is 40.9 Å². The molecule has 0 spiro atoms. The van der Waals surface area contributed by atoms with Gasteiger partial charge in [0.25, 0.3) is 11.6 Å². The van der Waals surface area contributed by atoms with Crippen LogP contribution in [0.1, 0.15) is 16.1 Å². The number of furan rings is 1. The standard InChI is InChI=1S/C22H14ClN3O6/c1-31-22(28)13-2-4-15(5-3-13)25-21(27)14(12-24)10-17-7-9-20(32-17)18-11-16(26(29)30)6-8-19(18)23/h2-11H,1H3,(H,25,27)/b14-10+. The van der Waals surface area contributed by atoms with Gasteiger partial charge in [0.05, 0.1) is 22.6 Å². The van der Waals surface area contributed by atoms with Crippen LogP contribution in [-0.2, 0) is 9.53 Å². The summed E-state index contributed by atoms with van der Waals surface area (Å²) in [5.74, 6) is -0.793. The van der Waals surface area contributed by atoms with Gasteiger partial charge in [-0.25, -0.2) is 4.79 Å². The first-order chi connectivity index (χ1) is 15.3. The Balaban J connectivity index is 1.80. The van der Waals surface area contributed by atoms with Gasteiger partial charge >= 0.3 is 5.97 Å². The van der Waals surface area contributed by atoms with Crippen LogP contribution in [0.4, 0.5) is 11.4 Å².